The summed E-state index contributed by atoms with van der Waals surface area (Å²) in [7, 11) is -1.18. The topological polar surface area (TPSA) is 69.7 Å². The molecule has 0 aliphatic rings. The molecule has 0 saturated heterocycles. The number of hydrogen-bond donors (Lipinski definition) is 1. The third-order valence-corrected chi connectivity index (χ3v) is 5.92. The number of amides is 1. The molecule has 0 fully saturated rings. The normalized spacial score (nSPS) is 12.7. The third-order valence-electron chi connectivity index (χ3n) is 4.10. The Balaban J connectivity index is 2.20. The second-order valence-corrected chi connectivity index (χ2v) is 8.54. The molecule has 146 valence electrons. The van der Waals surface area contributed by atoms with Crippen LogP contribution < -0.4 is 9.62 Å². The molecule has 1 atom stereocenters. The molecule has 0 spiro atoms. The Morgan fingerprint density at radius 1 is 1.07 bits per heavy atom. The lowest BCUT2D eigenvalue weighted by Crippen LogP contribution is -2.46. The highest BCUT2D eigenvalue weighted by Crippen LogP contribution is 2.20. The van der Waals surface area contributed by atoms with Crippen LogP contribution >= 0.6 is 0 Å². The van der Waals surface area contributed by atoms with Gasteiger partial charge in [0.2, 0.25) is 5.91 Å². The van der Waals surface area contributed by atoms with E-state index < -0.39 is 28.5 Å². The van der Waals surface area contributed by atoms with Gasteiger partial charge in [0.05, 0.1) is 11.7 Å². The summed E-state index contributed by atoms with van der Waals surface area (Å²) in [6.07, 6.45) is 0. The SMILES string of the molecule is Cc1ccc(C(C)NC(=O)CN(c2ccc(F)cc2)S(=O)(=O)N(C)C)cc1. The average Bonchev–Trinajstić information content (AvgIpc) is 2.60. The summed E-state index contributed by atoms with van der Waals surface area (Å²) < 4.78 is 40.4. The van der Waals surface area contributed by atoms with Crippen LogP contribution in [0.3, 0.4) is 0 Å². The summed E-state index contributed by atoms with van der Waals surface area (Å²) in [6, 6.07) is 12.4. The van der Waals surface area contributed by atoms with Crippen LogP contribution in [0.25, 0.3) is 0 Å². The van der Waals surface area contributed by atoms with Crippen LogP contribution in [0.5, 0.6) is 0 Å². The number of nitrogens with one attached hydrogen (secondary N) is 1. The van der Waals surface area contributed by atoms with Gasteiger partial charge in [-0.05, 0) is 43.7 Å². The molecule has 0 aliphatic heterocycles. The van der Waals surface area contributed by atoms with Crippen molar-refractivity contribution < 1.29 is 17.6 Å². The largest absolute Gasteiger partial charge is 0.348 e. The number of benzene rings is 2. The van der Waals surface area contributed by atoms with Gasteiger partial charge in [-0.25, -0.2) is 8.70 Å². The molecule has 0 saturated carbocycles. The molecule has 0 aromatic heterocycles. The number of halogens is 1. The van der Waals surface area contributed by atoms with Crippen LogP contribution in [0.4, 0.5) is 10.1 Å². The van der Waals surface area contributed by atoms with Gasteiger partial charge < -0.3 is 5.32 Å². The van der Waals surface area contributed by atoms with Crippen molar-refractivity contribution in [1.82, 2.24) is 9.62 Å². The zero-order valence-corrected chi connectivity index (χ0v) is 16.6. The van der Waals surface area contributed by atoms with Crippen molar-refractivity contribution in [3.05, 3.63) is 65.5 Å². The van der Waals surface area contributed by atoms with Crippen molar-refractivity contribution in [1.29, 1.82) is 0 Å². The van der Waals surface area contributed by atoms with E-state index in [0.717, 1.165) is 31.9 Å². The summed E-state index contributed by atoms with van der Waals surface area (Å²) in [5.41, 5.74) is 2.23. The van der Waals surface area contributed by atoms with Gasteiger partial charge in [0.1, 0.15) is 12.4 Å². The first kappa shape index (κ1) is 20.9. The van der Waals surface area contributed by atoms with Crippen LogP contribution in [-0.4, -0.2) is 39.3 Å². The van der Waals surface area contributed by atoms with Gasteiger partial charge in [0.15, 0.2) is 0 Å². The second kappa shape index (κ2) is 8.49. The quantitative estimate of drug-likeness (QED) is 0.786. The number of aryl methyl sites for hydroxylation is 1. The molecule has 27 heavy (non-hydrogen) atoms. The summed E-state index contributed by atoms with van der Waals surface area (Å²) in [4.78, 5) is 12.5. The van der Waals surface area contributed by atoms with E-state index in [0.29, 0.717) is 0 Å². The Bertz CT molecular complexity index is 881. The molecule has 0 bridgehead atoms. The number of anilines is 1. The van der Waals surface area contributed by atoms with E-state index in [2.05, 4.69) is 5.32 Å². The first-order valence-electron chi connectivity index (χ1n) is 8.43. The van der Waals surface area contributed by atoms with Crippen LogP contribution in [0, 0.1) is 12.7 Å². The maximum absolute atomic E-state index is 13.2. The highest BCUT2D eigenvalue weighted by Gasteiger charge is 2.27. The highest BCUT2D eigenvalue weighted by atomic mass is 32.2. The number of nitrogens with zero attached hydrogens (tertiary/aromatic N) is 2. The lowest BCUT2D eigenvalue weighted by molar-refractivity contribution is -0.120. The molecule has 1 amide bonds. The highest BCUT2D eigenvalue weighted by molar-refractivity contribution is 7.90. The smallest absolute Gasteiger partial charge is 0.304 e. The molecular weight excluding hydrogens is 369 g/mol. The Morgan fingerprint density at radius 2 is 1.63 bits per heavy atom. The first-order chi connectivity index (χ1) is 12.6. The summed E-state index contributed by atoms with van der Waals surface area (Å²) in [5.74, 6) is -0.948. The van der Waals surface area contributed by atoms with Gasteiger partial charge in [-0.15, -0.1) is 0 Å². The predicted octanol–water partition coefficient (Wildman–Crippen LogP) is 2.62. The van der Waals surface area contributed by atoms with Crippen molar-refractivity contribution in [2.24, 2.45) is 0 Å². The summed E-state index contributed by atoms with van der Waals surface area (Å²) in [6.45, 7) is 3.38. The van der Waals surface area contributed by atoms with Gasteiger partial charge in [-0.1, -0.05) is 29.8 Å². The maximum atomic E-state index is 13.2. The van der Waals surface area contributed by atoms with Crippen LogP contribution in [0.15, 0.2) is 48.5 Å². The van der Waals surface area contributed by atoms with Crippen LogP contribution in [0.1, 0.15) is 24.1 Å². The molecule has 2 aromatic rings. The van der Waals surface area contributed by atoms with Gasteiger partial charge >= 0.3 is 10.2 Å². The monoisotopic (exact) mass is 393 g/mol. The fourth-order valence-electron chi connectivity index (χ4n) is 2.47. The molecule has 1 N–H and O–H groups in total. The van der Waals surface area contributed by atoms with E-state index >= 15 is 0 Å². The Morgan fingerprint density at radius 3 is 2.15 bits per heavy atom. The maximum Gasteiger partial charge on any atom is 0.304 e. The lowest BCUT2D eigenvalue weighted by atomic mass is 10.1. The number of carbonyl (C=O) groups excluding carboxylic acids is 1. The van der Waals surface area contributed by atoms with Crippen LogP contribution in [-0.2, 0) is 15.0 Å². The van der Waals surface area contributed by atoms with Gasteiger partial charge in [-0.3, -0.25) is 4.79 Å². The molecule has 8 heteroatoms. The Hall–Kier alpha value is -2.45. The standard InChI is InChI=1S/C19H24FN3O3S/c1-14-5-7-16(8-6-14)15(2)21-19(24)13-23(27(25,26)22(3)4)18-11-9-17(20)10-12-18/h5-12,15H,13H2,1-4H3,(H,21,24). The molecule has 2 rings (SSSR count). The van der Waals surface area contributed by atoms with E-state index in [1.807, 2.05) is 38.1 Å². The molecular formula is C19H24FN3O3S. The van der Waals surface area contributed by atoms with Crippen molar-refractivity contribution in [3.63, 3.8) is 0 Å². The molecule has 0 radical (unpaired) electrons. The van der Waals surface area contributed by atoms with Crippen molar-refractivity contribution in [2.45, 2.75) is 19.9 Å². The van der Waals surface area contributed by atoms with Crippen LogP contribution in [0.2, 0.25) is 0 Å². The minimum atomic E-state index is -3.92. The zero-order valence-electron chi connectivity index (χ0n) is 15.8. The average molecular weight is 393 g/mol. The number of carbonyl (C=O) groups is 1. The Kier molecular flexibility index (Phi) is 6.56. The fourth-order valence-corrected chi connectivity index (χ4v) is 3.53. The molecule has 2 aromatic carbocycles. The molecule has 0 aliphatic carbocycles. The van der Waals surface area contributed by atoms with E-state index in [-0.39, 0.29) is 11.7 Å². The first-order valence-corrected chi connectivity index (χ1v) is 9.82. The number of hydrogen-bond acceptors (Lipinski definition) is 3. The number of rotatable bonds is 7. The molecule has 0 heterocycles. The lowest BCUT2D eigenvalue weighted by Gasteiger charge is -2.27. The summed E-state index contributed by atoms with van der Waals surface area (Å²) >= 11 is 0. The molecule has 6 nitrogen and oxygen atoms in total. The van der Waals surface area contributed by atoms with Crippen molar-refractivity contribution in [3.8, 4) is 0 Å². The van der Waals surface area contributed by atoms with Crippen molar-refractivity contribution >= 4 is 21.8 Å². The van der Waals surface area contributed by atoms with E-state index in [1.54, 1.807) is 0 Å². The van der Waals surface area contributed by atoms with Gasteiger partial charge in [0, 0.05) is 14.1 Å². The van der Waals surface area contributed by atoms with E-state index in [1.165, 1.54) is 26.2 Å². The summed E-state index contributed by atoms with van der Waals surface area (Å²) in [5, 5.41) is 2.80. The minimum absolute atomic E-state index is 0.211. The second-order valence-electron chi connectivity index (χ2n) is 6.47. The van der Waals surface area contributed by atoms with E-state index in [4.69, 9.17) is 0 Å². The van der Waals surface area contributed by atoms with Gasteiger partial charge in [-0.2, -0.15) is 12.7 Å². The van der Waals surface area contributed by atoms with Gasteiger partial charge in [0.25, 0.3) is 0 Å². The third kappa shape index (κ3) is 5.27. The van der Waals surface area contributed by atoms with Crippen molar-refractivity contribution in [2.75, 3.05) is 24.9 Å². The fraction of sp³-hybridized carbons (Fsp3) is 0.316. The Labute approximate surface area is 159 Å². The predicted molar refractivity (Wildman–Crippen MR) is 104 cm³/mol. The minimum Gasteiger partial charge on any atom is -0.348 e. The molecule has 1 unspecified atom stereocenters. The zero-order chi connectivity index (χ0) is 20.2. The van der Waals surface area contributed by atoms with E-state index in [9.17, 15) is 17.6 Å².